The van der Waals surface area contributed by atoms with Gasteiger partial charge in [-0.15, -0.1) is 0 Å². The van der Waals surface area contributed by atoms with E-state index in [0.717, 1.165) is 6.42 Å². The minimum atomic E-state index is -0.136. The van der Waals surface area contributed by atoms with Crippen LogP contribution in [0.5, 0.6) is 5.75 Å². The lowest BCUT2D eigenvalue weighted by Crippen LogP contribution is -2.40. The third-order valence-corrected chi connectivity index (χ3v) is 3.32. The van der Waals surface area contributed by atoms with Crippen LogP contribution >= 0.6 is 12.2 Å². The van der Waals surface area contributed by atoms with E-state index >= 15 is 0 Å². The molecule has 1 amide bonds. The number of benzene rings is 1. The average molecular weight is 294 g/mol. The molecule has 0 saturated carbocycles. The summed E-state index contributed by atoms with van der Waals surface area (Å²) in [5.41, 5.74) is 6.26. The Morgan fingerprint density at radius 2 is 2.05 bits per heavy atom. The van der Waals surface area contributed by atoms with Crippen molar-refractivity contribution in [3.05, 3.63) is 29.8 Å². The van der Waals surface area contributed by atoms with Gasteiger partial charge in [0.1, 0.15) is 10.7 Å². The van der Waals surface area contributed by atoms with Gasteiger partial charge in [-0.2, -0.15) is 0 Å². The normalized spacial score (nSPS) is 12.0. The number of hydrogen-bond acceptors (Lipinski definition) is 3. The Labute approximate surface area is 125 Å². The zero-order valence-corrected chi connectivity index (χ0v) is 13.0. The van der Waals surface area contributed by atoms with Crippen LogP contribution in [0.1, 0.15) is 32.8 Å². The highest BCUT2D eigenvalue weighted by molar-refractivity contribution is 7.80. The van der Waals surface area contributed by atoms with Gasteiger partial charge in [-0.1, -0.05) is 45.1 Å². The third-order valence-electron chi connectivity index (χ3n) is 3.10. The van der Waals surface area contributed by atoms with Crippen molar-refractivity contribution in [2.75, 3.05) is 6.61 Å². The second kappa shape index (κ2) is 7.85. The molecule has 0 saturated heterocycles. The Hall–Kier alpha value is -1.62. The van der Waals surface area contributed by atoms with Gasteiger partial charge in [0.15, 0.2) is 6.61 Å². The Bertz CT molecular complexity index is 475. The second-order valence-electron chi connectivity index (χ2n) is 4.98. The molecular weight excluding hydrogens is 272 g/mol. The summed E-state index contributed by atoms with van der Waals surface area (Å²) in [5.74, 6) is 0.795. The van der Waals surface area contributed by atoms with E-state index in [0.29, 0.717) is 17.2 Å². The molecule has 0 fully saturated rings. The highest BCUT2D eigenvalue weighted by atomic mass is 32.1. The smallest absolute Gasteiger partial charge is 0.258 e. The highest BCUT2D eigenvalue weighted by Gasteiger charge is 2.15. The molecule has 0 aliphatic carbocycles. The minimum absolute atomic E-state index is 0.0388. The standard InChI is InChI=1S/C15H22N2O2S/c1-4-12(10(2)3)17-14(18)9-19-13-8-6-5-7-11(13)15(16)20/h5-8,10,12H,4,9H2,1-3H3,(H2,16,20)(H,17,18). The van der Waals surface area contributed by atoms with Crippen LogP contribution in [-0.2, 0) is 4.79 Å². The molecule has 0 aliphatic heterocycles. The lowest BCUT2D eigenvalue weighted by atomic mass is 10.0. The maximum atomic E-state index is 11.9. The maximum absolute atomic E-state index is 11.9. The molecule has 110 valence electrons. The SMILES string of the molecule is CCC(NC(=O)COc1ccccc1C(N)=S)C(C)C. The number of amides is 1. The van der Waals surface area contributed by atoms with Crippen LogP contribution in [0.15, 0.2) is 24.3 Å². The molecule has 3 N–H and O–H groups in total. The number of carbonyl (C=O) groups is 1. The largest absolute Gasteiger partial charge is 0.483 e. The summed E-state index contributed by atoms with van der Waals surface area (Å²) < 4.78 is 5.51. The maximum Gasteiger partial charge on any atom is 0.258 e. The first-order valence-corrected chi connectivity index (χ1v) is 7.17. The number of hydrogen-bond donors (Lipinski definition) is 2. The molecule has 0 heterocycles. The molecule has 0 aliphatic rings. The number of ether oxygens (including phenoxy) is 1. The van der Waals surface area contributed by atoms with Gasteiger partial charge >= 0.3 is 0 Å². The Morgan fingerprint density at radius 1 is 1.40 bits per heavy atom. The van der Waals surface area contributed by atoms with Gasteiger partial charge in [0.05, 0.1) is 5.56 Å². The number of nitrogens with two attached hydrogens (primary N) is 1. The number of thiocarbonyl (C=S) groups is 1. The molecule has 1 aromatic rings. The van der Waals surface area contributed by atoms with Crippen LogP contribution in [0.2, 0.25) is 0 Å². The van der Waals surface area contributed by atoms with E-state index in [4.69, 9.17) is 22.7 Å². The molecule has 1 unspecified atom stereocenters. The predicted octanol–water partition coefficient (Wildman–Crippen LogP) is 2.25. The Balaban J connectivity index is 2.59. The number of nitrogens with one attached hydrogen (secondary N) is 1. The van der Waals surface area contributed by atoms with E-state index < -0.39 is 0 Å². The molecule has 1 aromatic carbocycles. The van der Waals surface area contributed by atoms with Crippen LogP contribution in [0.4, 0.5) is 0 Å². The number of carbonyl (C=O) groups excluding carboxylic acids is 1. The number of rotatable bonds is 7. The molecular formula is C15H22N2O2S. The van der Waals surface area contributed by atoms with Gasteiger partial charge in [-0.25, -0.2) is 0 Å². The van der Waals surface area contributed by atoms with E-state index in [1.54, 1.807) is 12.1 Å². The molecule has 0 spiro atoms. The predicted molar refractivity (Wildman–Crippen MR) is 84.9 cm³/mol. The molecule has 0 aromatic heterocycles. The van der Waals surface area contributed by atoms with Crippen molar-refractivity contribution in [2.24, 2.45) is 11.7 Å². The monoisotopic (exact) mass is 294 g/mol. The first kappa shape index (κ1) is 16.4. The van der Waals surface area contributed by atoms with E-state index in [9.17, 15) is 4.79 Å². The van der Waals surface area contributed by atoms with Crippen LogP contribution in [-0.4, -0.2) is 23.5 Å². The fourth-order valence-electron chi connectivity index (χ4n) is 1.93. The van der Waals surface area contributed by atoms with Gasteiger partial charge < -0.3 is 15.8 Å². The van der Waals surface area contributed by atoms with Crippen molar-refractivity contribution in [2.45, 2.75) is 33.2 Å². The molecule has 0 bridgehead atoms. The fraction of sp³-hybridized carbons (Fsp3) is 0.467. The summed E-state index contributed by atoms with van der Waals surface area (Å²) in [7, 11) is 0. The van der Waals surface area contributed by atoms with Crippen molar-refractivity contribution in [1.82, 2.24) is 5.32 Å². The van der Waals surface area contributed by atoms with Gasteiger partial charge in [0, 0.05) is 6.04 Å². The van der Waals surface area contributed by atoms with E-state index in [-0.39, 0.29) is 23.5 Å². The summed E-state index contributed by atoms with van der Waals surface area (Å²) in [6.07, 6.45) is 0.896. The van der Waals surface area contributed by atoms with Crippen LogP contribution < -0.4 is 15.8 Å². The zero-order valence-electron chi connectivity index (χ0n) is 12.2. The molecule has 4 nitrogen and oxygen atoms in total. The zero-order chi connectivity index (χ0) is 15.1. The van der Waals surface area contributed by atoms with Gasteiger partial charge in [0.2, 0.25) is 0 Å². The van der Waals surface area contributed by atoms with E-state index in [2.05, 4.69) is 19.2 Å². The Morgan fingerprint density at radius 3 is 2.60 bits per heavy atom. The summed E-state index contributed by atoms with van der Waals surface area (Å²) >= 11 is 4.95. The molecule has 0 radical (unpaired) electrons. The van der Waals surface area contributed by atoms with E-state index in [1.165, 1.54) is 0 Å². The van der Waals surface area contributed by atoms with Gasteiger partial charge in [-0.05, 0) is 24.5 Å². The summed E-state index contributed by atoms with van der Waals surface area (Å²) in [6, 6.07) is 7.34. The fourth-order valence-corrected chi connectivity index (χ4v) is 2.10. The molecule has 20 heavy (non-hydrogen) atoms. The van der Waals surface area contributed by atoms with Crippen LogP contribution in [0.3, 0.4) is 0 Å². The minimum Gasteiger partial charge on any atom is -0.483 e. The summed E-state index contributed by atoms with van der Waals surface area (Å²) in [6.45, 7) is 6.17. The molecule has 1 rings (SSSR count). The topological polar surface area (TPSA) is 64.3 Å². The number of para-hydroxylation sites is 1. The van der Waals surface area contributed by atoms with Crippen molar-refractivity contribution < 1.29 is 9.53 Å². The first-order chi connectivity index (χ1) is 9.45. The Kier molecular flexibility index (Phi) is 6.45. The van der Waals surface area contributed by atoms with Crippen LogP contribution in [0.25, 0.3) is 0 Å². The lowest BCUT2D eigenvalue weighted by Gasteiger charge is -2.20. The molecule has 1 atom stereocenters. The van der Waals surface area contributed by atoms with E-state index in [1.807, 2.05) is 19.1 Å². The van der Waals surface area contributed by atoms with Gasteiger partial charge in [0.25, 0.3) is 5.91 Å². The lowest BCUT2D eigenvalue weighted by molar-refractivity contribution is -0.124. The average Bonchev–Trinajstić information content (AvgIpc) is 2.42. The van der Waals surface area contributed by atoms with Crippen molar-refractivity contribution >= 4 is 23.1 Å². The summed E-state index contributed by atoms with van der Waals surface area (Å²) in [5, 5.41) is 2.96. The van der Waals surface area contributed by atoms with Crippen molar-refractivity contribution in [1.29, 1.82) is 0 Å². The first-order valence-electron chi connectivity index (χ1n) is 6.76. The van der Waals surface area contributed by atoms with Crippen molar-refractivity contribution in [3.63, 3.8) is 0 Å². The van der Waals surface area contributed by atoms with Crippen LogP contribution in [0, 0.1) is 5.92 Å². The second-order valence-corrected chi connectivity index (χ2v) is 5.42. The third kappa shape index (κ3) is 4.81. The summed E-state index contributed by atoms with van der Waals surface area (Å²) in [4.78, 5) is 12.1. The highest BCUT2D eigenvalue weighted by Crippen LogP contribution is 2.17. The van der Waals surface area contributed by atoms with Gasteiger partial charge in [-0.3, -0.25) is 4.79 Å². The quantitative estimate of drug-likeness (QED) is 0.757. The van der Waals surface area contributed by atoms with Crippen molar-refractivity contribution in [3.8, 4) is 5.75 Å². The molecule has 5 heteroatoms.